The average molecular weight is 407 g/mol. The van der Waals surface area contributed by atoms with Crippen molar-refractivity contribution in [3.05, 3.63) is 89.7 Å². The van der Waals surface area contributed by atoms with Crippen LogP contribution < -0.4 is 15.4 Å². The number of carbonyl (C=O) groups is 1. The number of hydrogen-bond acceptors (Lipinski definition) is 3. The summed E-state index contributed by atoms with van der Waals surface area (Å²) in [5, 5.41) is 6.29. The minimum atomic E-state index is -0.268. The van der Waals surface area contributed by atoms with Gasteiger partial charge in [-0.05, 0) is 47.9 Å². The molecular weight excluding hydrogens is 379 g/mol. The van der Waals surface area contributed by atoms with Crippen LogP contribution in [0.4, 0.5) is 15.8 Å². The van der Waals surface area contributed by atoms with E-state index in [0.717, 1.165) is 16.9 Å². The molecule has 0 saturated heterocycles. The molecule has 4 nitrogen and oxygen atoms in total. The van der Waals surface area contributed by atoms with Crippen molar-refractivity contribution in [3.8, 4) is 5.75 Å². The van der Waals surface area contributed by atoms with Gasteiger partial charge in [-0.25, -0.2) is 4.39 Å². The van der Waals surface area contributed by atoms with Gasteiger partial charge in [-0.1, -0.05) is 50.2 Å². The van der Waals surface area contributed by atoms with Crippen molar-refractivity contribution >= 4 is 17.3 Å². The lowest BCUT2D eigenvalue weighted by Gasteiger charge is -2.12. The number of ether oxygens (including phenoxy) is 1. The summed E-state index contributed by atoms with van der Waals surface area (Å²) in [6.45, 7) is 4.82. The molecule has 0 bridgehead atoms. The zero-order chi connectivity index (χ0) is 21.3. The van der Waals surface area contributed by atoms with E-state index >= 15 is 0 Å². The van der Waals surface area contributed by atoms with E-state index < -0.39 is 0 Å². The van der Waals surface area contributed by atoms with Crippen LogP contribution in [-0.2, 0) is 17.9 Å². The van der Waals surface area contributed by atoms with E-state index in [1.165, 1.54) is 6.07 Å². The highest BCUT2D eigenvalue weighted by molar-refractivity contribution is 5.91. The summed E-state index contributed by atoms with van der Waals surface area (Å²) in [5.41, 5.74) is 3.25. The Morgan fingerprint density at radius 1 is 0.967 bits per heavy atom. The first-order chi connectivity index (χ1) is 14.5. The fourth-order valence-electron chi connectivity index (χ4n) is 3.02. The molecule has 0 atom stereocenters. The molecular formula is C25H27FN2O2. The predicted molar refractivity (Wildman–Crippen MR) is 119 cm³/mol. The van der Waals surface area contributed by atoms with Crippen LogP contribution in [0.5, 0.6) is 5.75 Å². The van der Waals surface area contributed by atoms with Crippen LogP contribution in [0.25, 0.3) is 0 Å². The Bertz CT molecular complexity index is 988. The first kappa shape index (κ1) is 21.4. The quantitative estimate of drug-likeness (QED) is 0.458. The van der Waals surface area contributed by atoms with Gasteiger partial charge in [0.1, 0.15) is 18.2 Å². The van der Waals surface area contributed by atoms with E-state index in [1.54, 1.807) is 18.2 Å². The molecule has 156 valence electrons. The number of hydrogen-bond donors (Lipinski definition) is 2. The molecule has 0 aliphatic carbocycles. The van der Waals surface area contributed by atoms with Gasteiger partial charge < -0.3 is 15.4 Å². The molecule has 0 aliphatic heterocycles. The number of anilines is 2. The molecule has 0 radical (unpaired) electrons. The van der Waals surface area contributed by atoms with Crippen molar-refractivity contribution in [2.24, 2.45) is 5.92 Å². The highest BCUT2D eigenvalue weighted by Gasteiger charge is 2.06. The standard InChI is InChI=1S/C25H27FN2O2/c1-18(2)13-25(29)28-22-10-6-9-21(15-22)27-16-19-7-5-11-23(14-19)30-17-20-8-3-4-12-24(20)26/h3-12,14-15,18,27H,13,16-17H2,1-2H3,(H,28,29). The van der Waals surface area contributed by atoms with Crippen LogP contribution in [0.2, 0.25) is 0 Å². The molecule has 3 aromatic rings. The van der Waals surface area contributed by atoms with Crippen molar-refractivity contribution in [1.82, 2.24) is 0 Å². The molecule has 0 spiro atoms. The topological polar surface area (TPSA) is 50.4 Å². The van der Waals surface area contributed by atoms with E-state index in [-0.39, 0.29) is 18.3 Å². The van der Waals surface area contributed by atoms with Crippen LogP contribution >= 0.6 is 0 Å². The first-order valence-corrected chi connectivity index (χ1v) is 10.1. The van der Waals surface area contributed by atoms with Crippen LogP contribution in [-0.4, -0.2) is 5.91 Å². The molecule has 0 heterocycles. The monoisotopic (exact) mass is 406 g/mol. The summed E-state index contributed by atoms with van der Waals surface area (Å²) >= 11 is 0. The van der Waals surface area contributed by atoms with Gasteiger partial charge in [0, 0.05) is 29.9 Å². The summed E-state index contributed by atoms with van der Waals surface area (Å²) < 4.78 is 19.5. The molecule has 1 amide bonds. The van der Waals surface area contributed by atoms with Gasteiger partial charge >= 0.3 is 0 Å². The highest BCUT2D eigenvalue weighted by atomic mass is 19.1. The van der Waals surface area contributed by atoms with Crippen molar-refractivity contribution in [3.63, 3.8) is 0 Å². The molecule has 0 aliphatic rings. The third kappa shape index (κ3) is 6.62. The Morgan fingerprint density at radius 2 is 1.73 bits per heavy atom. The number of rotatable bonds is 9. The van der Waals surface area contributed by atoms with E-state index in [1.807, 2.05) is 62.4 Å². The van der Waals surface area contributed by atoms with Gasteiger partial charge in [0.25, 0.3) is 0 Å². The van der Waals surface area contributed by atoms with Crippen molar-refractivity contribution in [1.29, 1.82) is 0 Å². The predicted octanol–water partition coefficient (Wildman–Crippen LogP) is 6.00. The molecule has 5 heteroatoms. The molecule has 30 heavy (non-hydrogen) atoms. The Balaban J connectivity index is 1.56. The summed E-state index contributed by atoms with van der Waals surface area (Å²) in [6, 6.07) is 21.9. The second kappa shape index (κ2) is 10.4. The lowest BCUT2D eigenvalue weighted by atomic mass is 10.1. The lowest BCUT2D eigenvalue weighted by Crippen LogP contribution is -2.13. The van der Waals surface area contributed by atoms with Gasteiger partial charge in [-0.2, -0.15) is 0 Å². The van der Waals surface area contributed by atoms with E-state index in [9.17, 15) is 9.18 Å². The summed E-state index contributed by atoms with van der Waals surface area (Å²) in [5.74, 6) is 0.754. The highest BCUT2D eigenvalue weighted by Crippen LogP contribution is 2.20. The smallest absolute Gasteiger partial charge is 0.224 e. The van der Waals surface area contributed by atoms with E-state index in [0.29, 0.717) is 30.2 Å². The van der Waals surface area contributed by atoms with E-state index in [4.69, 9.17) is 4.74 Å². The summed E-state index contributed by atoms with van der Waals surface area (Å²) in [4.78, 5) is 12.0. The molecule has 3 rings (SSSR count). The first-order valence-electron chi connectivity index (χ1n) is 10.1. The average Bonchev–Trinajstić information content (AvgIpc) is 2.72. The van der Waals surface area contributed by atoms with Gasteiger partial charge in [-0.15, -0.1) is 0 Å². The van der Waals surface area contributed by atoms with Gasteiger partial charge in [0.15, 0.2) is 0 Å². The minimum absolute atomic E-state index is 0.0156. The molecule has 0 aromatic heterocycles. The van der Waals surface area contributed by atoms with Crippen molar-refractivity contribution in [2.75, 3.05) is 10.6 Å². The number of benzene rings is 3. The molecule has 2 N–H and O–H groups in total. The second-order valence-electron chi connectivity index (χ2n) is 7.61. The van der Waals surface area contributed by atoms with E-state index in [2.05, 4.69) is 10.6 Å². The maximum atomic E-state index is 13.7. The van der Waals surface area contributed by atoms with Crippen LogP contribution in [0, 0.1) is 11.7 Å². The number of carbonyl (C=O) groups excluding carboxylic acids is 1. The van der Waals surface area contributed by atoms with Crippen LogP contribution in [0.3, 0.4) is 0 Å². The largest absolute Gasteiger partial charge is 0.489 e. The third-order valence-corrected chi connectivity index (χ3v) is 4.49. The fourth-order valence-corrected chi connectivity index (χ4v) is 3.02. The lowest BCUT2D eigenvalue weighted by molar-refractivity contribution is -0.116. The molecule has 3 aromatic carbocycles. The Kier molecular flexibility index (Phi) is 7.44. The van der Waals surface area contributed by atoms with Gasteiger partial charge in [0.05, 0.1) is 0 Å². The zero-order valence-corrected chi connectivity index (χ0v) is 17.3. The maximum absolute atomic E-state index is 13.7. The second-order valence-corrected chi connectivity index (χ2v) is 7.61. The number of amides is 1. The number of halogens is 1. The summed E-state index contributed by atoms with van der Waals surface area (Å²) in [7, 11) is 0. The zero-order valence-electron chi connectivity index (χ0n) is 17.3. The molecule has 0 fully saturated rings. The third-order valence-electron chi connectivity index (χ3n) is 4.49. The van der Waals surface area contributed by atoms with Gasteiger partial charge in [0.2, 0.25) is 5.91 Å². The minimum Gasteiger partial charge on any atom is -0.489 e. The molecule has 0 saturated carbocycles. The normalized spacial score (nSPS) is 10.7. The van der Waals surface area contributed by atoms with Gasteiger partial charge in [-0.3, -0.25) is 4.79 Å². The SMILES string of the molecule is CC(C)CC(=O)Nc1cccc(NCc2cccc(OCc3ccccc3F)c2)c1. The van der Waals surface area contributed by atoms with Crippen molar-refractivity contribution in [2.45, 2.75) is 33.4 Å². The maximum Gasteiger partial charge on any atom is 0.224 e. The number of nitrogens with one attached hydrogen (secondary N) is 2. The van der Waals surface area contributed by atoms with Crippen molar-refractivity contribution < 1.29 is 13.9 Å². The van der Waals surface area contributed by atoms with Crippen LogP contribution in [0.15, 0.2) is 72.8 Å². The molecule has 0 unspecified atom stereocenters. The van der Waals surface area contributed by atoms with Crippen LogP contribution in [0.1, 0.15) is 31.4 Å². The summed E-state index contributed by atoms with van der Waals surface area (Å²) in [6.07, 6.45) is 0.497. The Morgan fingerprint density at radius 3 is 2.53 bits per heavy atom. The Labute approximate surface area is 177 Å². The fraction of sp³-hybridized carbons (Fsp3) is 0.240. The Hall–Kier alpha value is -3.34.